The number of methoxy groups -OCH3 is 2. The Balaban J connectivity index is 2.45. The van der Waals surface area contributed by atoms with Gasteiger partial charge in [-0.3, -0.25) is 10.1 Å². The second kappa shape index (κ2) is 8.23. The Morgan fingerprint density at radius 2 is 1.68 bits per heavy atom. The zero-order chi connectivity index (χ0) is 21.1. The average molecular weight is 410 g/mol. The summed E-state index contributed by atoms with van der Waals surface area (Å²) in [4.78, 5) is 22.7. The first-order valence-corrected chi connectivity index (χ1v) is 9.21. The van der Waals surface area contributed by atoms with Gasteiger partial charge in [-0.15, -0.1) is 0 Å². The van der Waals surface area contributed by atoms with E-state index >= 15 is 0 Å². The minimum atomic E-state index is -3.90. The predicted molar refractivity (Wildman–Crippen MR) is 98.5 cm³/mol. The summed E-state index contributed by atoms with van der Waals surface area (Å²) in [6, 6.07) is 7.41. The lowest BCUT2D eigenvalue weighted by molar-refractivity contribution is -0.385. The van der Waals surface area contributed by atoms with Gasteiger partial charge < -0.3 is 14.2 Å². The van der Waals surface area contributed by atoms with Crippen molar-refractivity contribution in [3.8, 4) is 17.2 Å². The highest BCUT2D eigenvalue weighted by Gasteiger charge is 2.25. The fourth-order valence-corrected chi connectivity index (χ4v) is 3.29. The molecule has 0 atom stereocenters. The molecular weight excluding hydrogens is 392 g/mol. The fourth-order valence-electron chi connectivity index (χ4n) is 2.21. The number of sulfonamides is 1. The van der Waals surface area contributed by atoms with E-state index in [1.54, 1.807) is 0 Å². The zero-order valence-corrected chi connectivity index (χ0v) is 16.3. The lowest BCUT2D eigenvalue weighted by Crippen LogP contribution is -2.23. The van der Waals surface area contributed by atoms with Gasteiger partial charge in [0.1, 0.15) is 16.4 Å². The van der Waals surface area contributed by atoms with Crippen molar-refractivity contribution in [2.24, 2.45) is 0 Å². The molecular formula is C17H18N2O8S. The summed E-state index contributed by atoms with van der Waals surface area (Å²) in [5.74, 6) is -1.01. The number of carbonyl (C=O) groups is 1. The van der Waals surface area contributed by atoms with Crippen LogP contribution in [-0.2, 0) is 10.0 Å². The third-order valence-corrected chi connectivity index (χ3v) is 5.56. The first kappa shape index (κ1) is 21.1. The lowest BCUT2D eigenvalue weighted by Gasteiger charge is -2.15. The van der Waals surface area contributed by atoms with Gasteiger partial charge >= 0.3 is 11.7 Å². The molecule has 0 heterocycles. The van der Waals surface area contributed by atoms with Crippen molar-refractivity contribution in [1.29, 1.82) is 0 Å². The largest absolute Gasteiger partial charge is 0.496 e. The molecule has 2 rings (SSSR count). The highest BCUT2D eigenvalue weighted by atomic mass is 32.2. The second-order valence-corrected chi connectivity index (χ2v) is 7.75. The van der Waals surface area contributed by atoms with Gasteiger partial charge in [0.2, 0.25) is 15.8 Å². The summed E-state index contributed by atoms with van der Waals surface area (Å²) in [6.45, 7) is 0. The second-order valence-electron chi connectivity index (χ2n) is 5.63. The van der Waals surface area contributed by atoms with Crippen LogP contribution in [0, 0.1) is 10.1 Å². The molecule has 2 aromatic rings. The average Bonchev–Trinajstić information content (AvgIpc) is 2.67. The Bertz CT molecular complexity index is 1020. The Labute approximate surface area is 161 Å². The van der Waals surface area contributed by atoms with E-state index in [9.17, 15) is 23.3 Å². The highest BCUT2D eigenvalue weighted by Crippen LogP contribution is 2.32. The van der Waals surface area contributed by atoms with Gasteiger partial charge in [-0.2, -0.15) is 0 Å². The highest BCUT2D eigenvalue weighted by molar-refractivity contribution is 7.89. The van der Waals surface area contributed by atoms with E-state index < -0.39 is 26.6 Å². The molecule has 0 bridgehead atoms. The lowest BCUT2D eigenvalue weighted by atomic mass is 10.2. The Morgan fingerprint density at radius 1 is 1.04 bits per heavy atom. The Morgan fingerprint density at radius 3 is 2.21 bits per heavy atom. The molecule has 2 aromatic carbocycles. The molecule has 0 N–H and O–H groups in total. The van der Waals surface area contributed by atoms with Crippen molar-refractivity contribution in [3.05, 3.63) is 52.1 Å². The maximum atomic E-state index is 12.5. The van der Waals surface area contributed by atoms with Crippen molar-refractivity contribution in [2.75, 3.05) is 28.3 Å². The van der Waals surface area contributed by atoms with Crippen LogP contribution in [0.15, 0.2) is 41.3 Å². The predicted octanol–water partition coefficient (Wildman–Crippen LogP) is 2.08. The number of hydrogen-bond donors (Lipinski definition) is 0. The molecule has 0 saturated carbocycles. The Hall–Kier alpha value is -3.18. The van der Waals surface area contributed by atoms with E-state index in [4.69, 9.17) is 14.2 Å². The molecule has 0 radical (unpaired) electrons. The SMILES string of the molecule is COc1ccc(OC(=O)c2ccc(OC)c(S(=O)(=O)N(C)C)c2)c([N+](=O)[O-])c1. The van der Waals surface area contributed by atoms with Crippen molar-refractivity contribution in [3.63, 3.8) is 0 Å². The number of rotatable bonds is 7. The van der Waals surface area contributed by atoms with Crippen LogP contribution in [0.2, 0.25) is 0 Å². The zero-order valence-electron chi connectivity index (χ0n) is 15.5. The van der Waals surface area contributed by atoms with Crippen LogP contribution in [0.4, 0.5) is 5.69 Å². The van der Waals surface area contributed by atoms with Crippen LogP contribution in [0.5, 0.6) is 17.2 Å². The van der Waals surface area contributed by atoms with E-state index in [0.29, 0.717) is 0 Å². The summed E-state index contributed by atoms with van der Waals surface area (Å²) in [5, 5.41) is 11.2. The third-order valence-electron chi connectivity index (χ3n) is 3.72. The molecule has 0 aliphatic carbocycles. The van der Waals surface area contributed by atoms with Crippen molar-refractivity contribution in [1.82, 2.24) is 4.31 Å². The smallest absolute Gasteiger partial charge is 0.343 e. The maximum Gasteiger partial charge on any atom is 0.343 e. The number of hydrogen-bond acceptors (Lipinski definition) is 8. The first-order valence-electron chi connectivity index (χ1n) is 7.77. The van der Waals surface area contributed by atoms with Gasteiger partial charge in [0, 0.05) is 14.1 Å². The van der Waals surface area contributed by atoms with E-state index in [-0.39, 0.29) is 27.7 Å². The van der Waals surface area contributed by atoms with Crippen LogP contribution in [0.3, 0.4) is 0 Å². The van der Waals surface area contributed by atoms with E-state index in [2.05, 4.69) is 0 Å². The minimum absolute atomic E-state index is 0.0423. The first-order chi connectivity index (χ1) is 13.1. The summed E-state index contributed by atoms with van der Waals surface area (Å²) in [6.07, 6.45) is 0. The normalized spacial score (nSPS) is 11.2. The van der Waals surface area contributed by atoms with Crippen LogP contribution < -0.4 is 14.2 Å². The molecule has 11 heteroatoms. The molecule has 10 nitrogen and oxygen atoms in total. The summed E-state index contributed by atoms with van der Waals surface area (Å²) in [7, 11) is 1.40. The quantitative estimate of drug-likeness (QED) is 0.294. The van der Waals surface area contributed by atoms with Gasteiger partial charge in [-0.25, -0.2) is 17.5 Å². The summed E-state index contributed by atoms with van der Waals surface area (Å²) < 4.78 is 40.9. The van der Waals surface area contributed by atoms with Crippen LogP contribution in [0.25, 0.3) is 0 Å². The number of benzene rings is 2. The number of esters is 1. The Kier molecular flexibility index (Phi) is 6.21. The maximum absolute atomic E-state index is 12.5. The molecule has 0 aliphatic heterocycles. The molecule has 0 aromatic heterocycles. The molecule has 0 fully saturated rings. The molecule has 0 saturated heterocycles. The number of carbonyl (C=O) groups excluding carboxylic acids is 1. The standard InChI is InChI=1S/C17H18N2O8S/c1-18(2)28(23,24)16-9-11(5-7-15(16)26-4)17(20)27-14-8-6-12(25-3)10-13(14)19(21)22/h5-10H,1-4H3. The molecule has 0 amide bonds. The fraction of sp³-hybridized carbons (Fsp3) is 0.235. The van der Waals surface area contributed by atoms with E-state index in [1.807, 2.05) is 0 Å². The van der Waals surface area contributed by atoms with Crippen molar-refractivity contribution >= 4 is 21.7 Å². The van der Waals surface area contributed by atoms with Crippen LogP contribution in [-0.4, -0.2) is 51.9 Å². The van der Waals surface area contributed by atoms with Crippen LogP contribution in [0.1, 0.15) is 10.4 Å². The third kappa shape index (κ3) is 4.21. The summed E-state index contributed by atoms with van der Waals surface area (Å²) in [5.41, 5.74) is -0.589. The van der Waals surface area contributed by atoms with Gasteiger partial charge in [0.05, 0.1) is 30.8 Å². The van der Waals surface area contributed by atoms with E-state index in [1.165, 1.54) is 52.6 Å². The molecule has 0 unspecified atom stereocenters. The minimum Gasteiger partial charge on any atom is -0.496 e. The topological polar surface area (TPSA) is 125 Å². The molecule has 0 aliphatic rings. The monoisotopic (exact) mass is 410 g/mol. The van der Waals surface area contributed by atoms with Crippen molar-refractivity contribution < 1.29 is 32.3 Å². The van der Waals surface area contributed by atoms with E-state index in [0.717, 1.165) is 16.4 Å². The molecule has 28 heavy (non-hydrogen) atoms. The molecule has 0 spiro atoms. The van der Waals surface area contributed by atoms with Crippen molar-refractivity contribution in [2.45, 2.75) is 4.90 Å². The number of nitrogens with zero attached hydrogens (tertiary/aromatic N) is 2. The van der Waals surface area contributed by atoms with Crippen LogP contribution >= 0.6 is 0 Å². The van der Waals surface area contributed by atoms with Gasteiger partial charge in [-0.05, 0) is 30.3 Å². The molecule has 150 valence electrons. The summed E-state index contributed by atoms with van der Waals surface area (Å²) >= 11 is 0. The number of nitro benzene ring substituents is 1. The number of nitro groups is 1. The van der Waals surface area contributed by atoms with Gasteiger partial charge in [-0.1, -0.05) is 0 Å². The number of ether oxygens (including phenoxy) is 3. The van der Waals surface area contributed by atoms with Gasteiger partial charge in [0.15, 0.2) is 0 Å². The van der Waals surface area contributed by atoms with Gasteiger partial charge in [0.25, 0.3) is 0 Å².